The van der Waals surface area contributed by atoms with Gasteiger partial charge in [-0.2, -0.15) is 0 Å². The van der Waals surface area contributed by atoms with Gasteiger partial charge < -0.3 is 5.11 Å². The number of amides is 4. The molecule has 2 fully saturated rings. The summed E-state index contributed by atoms with van der Waals surface area (Å²) in [6, 6.07) is -0.806. The van der Waals surface area contributed by atoms with Gasteiger partial charge in [0.25, 0.3) is 0 Å². The summed E-state index contributed by atoms with van der Waals surface area (Å²) in [7, 11) is 0. The summed E-state index contributed by atoms with van der Waals surface area (Å²) in [5.41, 5.74) is 0. The van der Waals surface area contributed by atoms with Gasteiger partial charge in [-0.05, 0) is 32.1 Å². The summed E-state index contributed by atoms with van der Waals surface area (Å²) in [5, 5.41) is 11.7. The Morgan fingerprint density at radius 2 is 1.83 bits per heavy atom. The monoisotopic (exact) mass is 254 g/mol. The molecule has 1 aliphatic heterocycles. The molecule has 0 aromatic carbocycles. The zero-order chi connectivity index (χ0) is 13.3. The fourth-order valence-electron chi connectivity index (χ4n) is 2.66. The molecule has 4 amide bonds. The lowest BCUT2D eigenvalue weighted by atomic mass is 9.90. The molecule has 0 radical (unpaired) electrons. The molecule has 0 spiro atoms. The van der Waals surface area contributed by atoms with Crippen molar-refractivity contribution in [2.75, 3.05) is 0 Å². The average Bonchev–Trinajstić information content (AvgIpc) is 2.31. The minimum absolute atomic E-state index is 0.192. The van der Waals surface area contributed by atoms with Crippen LogP contribution in [0.2, 0.25) is 0 Å². The van der Waals surface area contributed by atoms with E-state index in [2.05, 4.69) is 5.32 Å². The molecule has 1 aliphatic carbocycles. The van der Waals surface area contributed by atoms with Crippen LogP contribution in [0.5, 0.6) is 0 Å². The third kappa shape index (κ3) is 2.25. The van der Waals surface area contributed by atoms with E-state index in [-0.39, 0.29) is 12.1 Å². The van der Waals surface area contributed by atoms with Crippen LogP contribution >= 0.6 is 0 Å². The molecule has 1 saturated carbocycles. The molecule has 1 saturated heterocycles. The second-order valence-electron chi connectivity index (χ2n) is 4.93. The van der Waals surface area contributed by atoms with Crippen molar-refractivity contribution >= 4 is 17.8 Å². The Morgan fingerprint density at radius 3 is 2.39 bits per heavy atom. The zero-order valence-corrected chi connectivity index (χ0v) is 10.4. The maximum Gasteiger partial charge on any atom is 0.331 e. The minimum atomic E-state index is -0.755. The molecule has 1 heterocycles. The smallest absolute Gasteiger partial charge is 0.331 e. The van der Waals surface area contributed by atoms with Gasteiger partial charge in [0.05, 0.1) is 6.10 Å². The maximum atomic E-state index is 12.1. The van der Waals surface area contributed by atoms with E-state index >= 15 is 0 Å². The van der Waals surface area contributed by atoms with E-state index in [1.807, 2.05) is 0 Å². The largest absolute Gasteiger partial charge is 0.393 e. The van der Waals surface area contributed by atoms with Crippen molar-refractivity contribution < 1.29 is 19.5 Å². The van der Waals surface area contributed by atoms with Crippen LogP contribution in [0.3, 0.4) is 0 Å². The third-order valence-corrected chi connectivity index (χ3v) is 3.74. The standard InChI is InChI=1S/C12H18N2O4/c1-2-9-10(16)13-12(18)14(11(9)17)7-3-5-8(15)6-4-7/h7-9,15H,2-6H2,1H3,(H,13,16,18). The van der Waals surface area contributed by atoms with Gasteiger partial charge >= 0.3 is 6.03 Å². The fourth-order valence-corrected chi connectivity index (χ4v) is 2.66. The zero-order valence-electron chi connectivity index (χ0n) is 10.4. The van der Waals surface area contributed by atoms with E-state index in [1.165, 1.54) is 4.90 Å². The lowest BCUT2D eigenvalue weighted by Crippen LogP contribution is -2.61. The van der Waals surface area contributed by atoms with Gasteiger partial charge in [0.15, 0.2) is 0 Å². The molecule has 2 rings (SSSR count). The molecule has 18 heavy (non-hydrogen) atoms. The number of nitrogens with one attached hydrogen (secondary N) is 1. The van der Waals surface area contributed by atoms with Crippen molar-refractivity contribution in [3.8, 4) is 0 Å². The number of barbiturate groups is 1. The van der Waals surface area contributed by atoms with Crippen molar-refractivity contribution in [2.45, 2.75) is 51.2 Å². The fraction of sp³-hybridized carbons (Fsp3) is 0.750. The quantitative estimate of drug-likeness (QED) is 0.698. The average molecular weight is 254 g/mol. The highest BCUT2D eigenvalue weighted by atomic mass is 16.3. The van der Waals surface area contributed by atoms with Gasteiger partial charge in [0.2, 0.25) is 11.8 Å². The Labute approximate surface area is 105 Å². The maximum absolute atomic E-state index is 12.1. The van der Waals surface area contributed by atoms with Crippen LogP contribution in [0.25, 0.3) is 0 Å². The SMILES string of the molecule is CCC1C(=O)NC(=O)N(C2CCC(O)CC2)C1=O. The lowest BCUT2D eigenvalue weighted by molar-refractivity contribution is -0.144. The first-order chi connectivity index (χ1) is 8.54. The van der Waals surface area contributed by atoms with Gasteiger partial charge in [-0.25, -0.2) is 4.79 Å². The van der Waals surface area contributed by atoms with Crippen LogP contribution in [0.15, 0.2) is 0 Å². The van der Waals surface area contributed by atoms with Crippen LogP contribution in [0.4, 0.5) is 4.79 Å². The van der Waals surface area contributed by atoms with Crippen LogP contribution in [0.1, 0.15) is 39.0 Å². The first-order valence-corrected chi connectivity index (χ1v) is 6.40. The van der Waals surface area contributed by atoms with Crippen molar-refractivity contribution in [1.82, 2.24) is 10.2 Å². The van der Waals surface area contributed by atoms with Crippen molar-refractivity contribution in [3.05, 3.63) is 0 Å². The molecular formula is C12H18N2O4. The van der Waals surface area contributed by atoms with E-state index in [9.17, 15) is 19.5 Å². The molecule has 6 nitrogen and oxygen atoms in total. The van der Waals surface area contributed by atoms with Gasteiger partial charge in [-0.15, -0.1) is 0 Å². The van der Waals surface area contributed by atoms with Gasteiger partial charge in [-0.3, -0.25) is 19.8 Å². The highest BCUT2D eigenvalue weighted by Gasteiger charge is 2.43. The molecule has 0 bridgehead atoms. The number of carbonyl (C=O) groups is 3. The summed E-state index contributed by atoms with van der Waals surface area (Å²) in [6.07, 6.45) is 2.44. The highest BCUT2D eigenvalue weighted by Crippen LogP contribution is 2.26. The molecular weight excluding hydrogens is 236 g/mol. The molecule has 1 atom stereocenters. The van der Waals surface area contributed by atoms with Crippen LogP contribution in [-0.2, 0) is 9.59 Å². The van der Waals surface area contributed by atoms with E-state index < -0.39 is 23.8 Å². The Balaban J connectivity index is 2.13. The number of nitrogens with zero attached hydrogens (tertiary/aromatic N) is 1. The first kappa shape index (κ1) is 13.0. The number of hydrogen-bond donors (Lipinski definition) is 2. The summed E-state index contributed by atoms with van der Waals surface area (Å²) in [4.78, 5) is 36.6. The molecule has 0 aromatic rings. The summed E-state index contributed by atoms with van der Waals surface area (Å²) in [6.45, 7) is 1.75. The predicted octanol–water partition coefficient (Wildman–Crippen LogP) is 0.394. The number of carbonyl (C=O) groups excluding carboxylic acids is 3. The van der Waals surface area contributed by atoms with Crippen molar-refractivity contribution in [2.24, 2.45) is 5.92 Å². The van der Waals surface area contributed by atoms with Gasteiger partial charge in [0, 0.05) is 6.04 Å². The number of imide groups is 2. The Hall–Kier alpha value is -1.43. The van der Waals surface area contributed by atoms with E-state index in [0.29, 0.717) is 32.1 Å². The summed E-state index contributed by atoms with van der Waals surface area (Å²) >= 11 is 0. The van der Waals surface area contributed by atoms with Crippen LogP contribution in [-0.4, -0.2) is 40.0 Å². The van der Waals surface area contributed by atoms with Crippen molar-refractivity contribution in [3.63, 3.8) is 0 Å². The van der Waals surface area contributed by atoms with Gasteiger partial charge in [-0.1, -0.05) is 6.92 Å². The number of urea groups is 1. The van der Waals surface area contributed by atoms with Crippen molar-refractivity contribution in [1.29, 1.82) is 0 Å². The molecule has 6 heteroatoms. The second-order valence-corrected chi connectivity index (χ2v) is 4.93. The summed E-state index contributed by atoms with van der Waals surface area (Å²) < 4.78 is 0. The Kier molecular flexibility index (Phi) is 3.65. The third-order valence-electron chi connectivity index (χ3n) is 3.74. The minimum Gasteiger partial charge on any atom is -0.393 e. The first-order valence-electron chi connectivity index (χ1n) is 6.40. The number of rotatable bonds is 2. The van der Waals surface area contributed by atoms with Gasteiger partial charge in [0.1, 0.15) is 5.92 Å². The number of aliphatic hydroxyl groups excluding tert-OH is 1. The number of aliphatic hydroxyl groups is 1. The molecule has 0 aromatic heterocycles. The molecule has 2 aliphatic rings. The molecule has 2 N–H and O–H groups in total. The van der Waals surface area contributed by atoms with E-state index in [4.69, 9.17) is 0 Å². The Bertz CT molecular complexity index is 374. The lowest BCUT2D eigenvalue weighted by Gasteiger charge is -2.38. The van der Waals surface area contributed by atoms with E-state index in [1.54, 1.807) is 6.92 Å². The Morgan fingerprint density at radius 1 is 1.22 bits per heavy atom. The highest BCUT2D eigenvalue weighted by molar-refractivity contribution is 6.16. The van der Waals surface area contributed by atoms with Crippen LogP contribution in [0, 0.1) is 5.92 Å². The molecule has 1 unspecified atom stereocenters. The van der Waals surface area contributed by atoms with E-state index in [0.717, 1.165) is 0 Å². The topological polar surface area (TPSA) is 86.7 Å². The molecule has 100 valence electrons. The van der Waals surface area contributed by atoms with Crippen LogP contribution < -0.4 is 5.32 Å². The predicted molar refractivity (Wildman–Crippen MR) is 62.4 cm³/mol. The summed E-state index contributed by atoms with van der Waals surface area (Å²) in [5.74, 6) is -1.65. The second kappa shape index (κ2) is 5.06. The number of hydrogen-bond acceptors (Lipinski definition) is 4. The normalized spacial score (nSPS) is 33.6.